The average molecular weight is 303 g/mol. The molecule has 22 heavy (non-hydrogen) atoms. The van der Waals surface area contributed by atoms with Gasteiger partial charge in [-0.05, 0) is 6.07 Å². The van der Waals surface area contributed by atoms with Gasteiger partial charge in [-0.15, -0.1) is 0 Å². The molecule has 2 amide bonds. The summed E-state index contributed by atoms with van der Waals surface area (Å²) in [5.74, 6) is -1.21. The van der Waals surface area contributed by atoms with Gasteiger partial charge in [0.2, 0.25) is 0 Å². The van der Waals surface area contributed by atoms with E-state index in [1.807, 2.05) is 0 Å². The maximum absolute atomic E-state index is 12.4. The third-order valence-corrected chi connectivity index (χ3v) is 3.00. The van der Waals surface area contributed by atoms with Crippen LogP contribution in [-0.4, -0.2) is 27.2 Å². The van der Waals surface area contributed by atoms with Crippen LogP contribution in [0.15, 0.2) is 54.6 Å². The smallest absolute Gasteiger partial charge is 0.432 e. The molecule has 8 nitrogen and oxygen atoms in total. The largest absolute Gasteiger partial charge is 0.560 e. The van der Waals surface area contributed by atoms with Gasteiger partial charge in [-0.1, -0.05) is 24.3 Å². The molecule has 0 spiro atoms. The molecule has 0 radical (unpaired) electrons. The Kier molecular flexibility index (Phi) is 3.97. The van der Waals surface area contributed by atoms with Crippen molar-refractivity contribution in [3.63, 3.8) is 0 Å². The van der Waals surface area contributed by atoms with Crippen LogP contribution in [0.5, 0.6) is 0 Å². The van der Waals surface area contributed by atoms with Crippen molar-refractivity contribution >= 4 is 23.4 Å². The van der Waals surface area contributed by atoms with E-state index in [-0.39, 0.29) is 16.9 Å². The molecule has 8 heteroatoms. The summed E-state index contributed by atoms with van der Waals surface area (Å²) >= 11 is 0. The minimum absolute atomic E-state index is 0.188. The Labute approximate surface area is 124 Å². The molecular weight excluding hydrogens is 292 g/mol. The molecule has 0 saturated carbocycles. The highest BCUT2D eigenvalue weighted by Crippen LogP contribution is 2.25. The third kappa shape index (κ3) is 2.55. The number of non-ortho nitro benzene ring substituents is 1. The first-order chi connectivity index (χ1) is 10.4. The molecule has 2 aromatic rings. The van der Waals surface area contributed by atoms with Crippen molar-refractivity contribution in [3.8, 4) is 0 Å². The summed E-state index contributed by atoms with van der Waals surface area (Å²) in [6, 6.07) is 11.6. The Hall–Kier alpha value is -3.10. The van der Waals surface area contributed by atoms with Crippen LogP contribution in [0.2, 0.25) is 0 Å². The molecule has 2 rings (SSSR count). The zero-order chi connectivity index (χ0) is 16.3. The molecule has 0 bridgehead atoms. The highest BCUT2D eigenvalue weighted by atomic mass is 16.6. The number of nitrogens with zero attached hydrogens (tertiary/aromatic N) is 2. The number of para-hydroxylation sites is 1. The fraction of sp³-hybridized carbons (Fsp3) is 0. The van der Waals surface area contributed by atoms with E-state index in [9.17, 15) is 30.0 Å². The lowest BCUT2D eigenvalue weighted by Crippen LogP contribution is -2.55. The summed E-state index contributed by atoms with van der Waals surface area (Å²) in [5, 5.41) is 30.3. The number of amides is 2. The lowest BCUT2D eigenvalue weighted by Gasteiger charge is -2.20. The van der Waals surface area contributed by atoms with Crippen LogP contribution in [-0.2, 0) is 0 Å². The van der Waals surface area contributed by atoms with Gasteiger partial charge in [-0.25, -0.2) is 4.79 Å². The van der Waals surface area contributed by atoms with E-state index in [1.54, 1.807) is 6.07 Å². The summed E-state index contributed by atoms with van der Waals surface area (Å²) < 4.78 is -2.03. The highest BCUT2D eigenvalue weighted by molar-refractivity contribution is 6.11. The van der Waals surface area contributed by atoms with Crippen molar-refractivity contribution in [3.05, 3.63) is 70.3 Å². The number of nitro groups is 1. The van der Waals surface area contributed by atoms with Gasteiger partial charge in [-0.2, -0.15) is 10.0 Å². The summed E-state index contributed by atoms with van der Waals surface area (Å²) in [5.41, 5.74) is -0.856. The average Bonchev–Trinajstić information content (AvgIpc) is 2.54. The number of quaternary nitrogens is 1. The maximum Gasteiger partial charge on any atom is 0.560 e. The number of hydrogen-bond donors (Lipinski definition) is 2. The van der Waals surface area contributed by atoms with Gasteiger partial charge in [0, 0.05) is 28.9 Å². The monoisotopic (exact) mass is 303 g/mol. The van der Waals surface area contributed by atoms with Crippen molar-refractivity contribution < 1.29 is 24.8 Å². The predicted molar refractivity (Wildman–Crippen MR) is 75.5 cm³/mol. The number of hydroxylamine groups is 2. The van der Waals surface area contributed by atoms with Crippen molar-refractivity contribution in [2.75, 3.05) is 0 Å². The van der Waals surface area contributed by atoms with E-state index < -0.39 is 21.6 Å². The van der Waals surface area contributed by atoms with Crippen LogP contribution < -0.4 is 4.65 Å². The Morgan fingerprint density at radius 3 is 2.23 bits per heavy atom. The van der Waals surface area contributed by atoms with Gasteiger partial charge < -0.3 is 5.11 Å². The molecule has 0 aliphatic heterocycles. The topological polar surface area (TPSA) is 118 Å². The van der Waals surface area contributed by atoms with E-state index >= 15 is 0 Å². The minimum Gasteiger partial charge on any atom is -0.432 e. The number of carbonyl (C=O) groups excluding carboxylic acids is 1. The van der Waals surface area contributed by atoms with E-state index in [1.165, 1.54) is 36.4 Å². The van der Waals surface area contributed by atoms with E-state index in [0.717, 1.165) is 12.1 Å². The molecule has 0 heterocycles. The Morgan fingerprint density at radius 1 is 1.05 bits per heavy atom. The predicted octanol–water partition coefficient (Wildman–Crippen LogP) is 2.81. The second-order valence-corrected chi connectivity index (χ2v) is 4.37. The first kappa shape index (κ1) is 15.3. The second kappa shape index (κ2) is 5.72. The number of carboxylic acid groups (broad SMARTS) is 1. The van der Waals surface area contributed by atoms with Crippen molar-refractivity contribution in [1.82, 2.24) is 4.65 Å². The number of hydrogen-bond acceptors (Lipinski definition) is 5. The molecule has 0 aliphatic rings. The molecule has 2 aromatic carbocycles. The lowest BCUT2D eigenvalue weighted by atomic mass is 10.1. The van der Waals surface area contributed by atoms with Crippen LogP contribution in [0.3, 0.4) is 0 Å². The second-order valence-electron chi connectivity index (χ2n) is 4.37. The van der Waals surface area contributed by atoms with Gasteiger partial charge in [0.15, 0.2) is 5.69 Å². The molecule has 0 fully saturated rings. The zero-order valence-corrected chi connectivity index (χ0v) is 11.1. The highest BCUT2D eigenvalue weighted by Gasteiger charge is 2.48. The van der Waals surface area contributed by atoms with Crippen LogP contribution in [0.25, 0.3) is 0 Å². The van der Waals surface area contributed by atoms with Gasteiger partial charge >= 0.3 is 12.0 Å². The molecule has 112 valence electrons. The van der Waals surface area contributed by atoms with E-state index in [4.69, 9.17) is 0 Å². The SMILES string of the molecule is O=C(O)[N+](O)(C(=O)c1cccc([N+](=O)[O-])c1)c1ccccc1. The number of rotatable bonds is 3. The quantitative estimate of drug-likeness (QED) is 0.389. The molecular formula is C14H11N2O6+. The number of benzene rings is 2. The summed E-state index contributed by atoms with van der Waals surface area (Å²) in [6.45, 7) is 0. The molecule has 0 saturated heterocycles. The van der Waals surface area contributed by atoms with Crippen molar-refractivity contribution in [1.29, 1.82) is 0 Å². The van der Waals surface area contributed by atoms with Crippen molar-refractivity contribution in [2.24, 2.45) is 0 Å². The van der Waals surface area contributed by atoms with Gasteiger partial charge in [-0.3, -0.25) is 10.1 Å². The standard InChI is InChI=1S/C14H10N2O6/c17-13(10-5-4-6-11(9-10)15(20)21)16(22,14(18)19)12-7-2-1-3-8-12/h1-9,22H/p+1. The summed E-state index contributed by atoms with van der Waals surface area (Å²) in [4.78, 5) is 33.8. The Bertz CT molecular complexity index is 746. The molecule has 1 unspecified atom stereocenters. The van der Waals surface area contributed by atoms with Crippen LogP contribution in [0.4, 0.5) is 16.2 Å². The maximum atomic E-state index is 12.4. The third-order valence-electron chi connectivity index (χ3n) is 3.00. The van der Waals surface area contributed by atoms with Crippen LogP contribution in [0.1, 0.15) is 10.4 Å². The summed E-state index contributed by atoms with van der Waals surface area (Å²) in [6.07, 6.45) is -1.82. The Balaban J connectivity index is 2.55. The number of nitro benzene ring substituents is 1. The minimum atomic E-state index is -2.03. The van der Waals surface area contributed by atoms with Gasteiger partial charge in [0.05, 0.1) is 10.5 Å². The first-order valence-electron chi connectivity index (χ1n) is 6.07. The number of imide groups is 1. The van der Waals surface area contributed by atoms with E-state index in [0.29, 0.717) is 0 Å². The van der Waals surface area contributed by atoms with Crippen LogP contribution in [0, 0.1) is 10.1 Å². The lowest BCUT2D eigenvalue weighted by molar-refractivity contribution is -0.384. The Morgan fingerprint density at radius 2 is 1.68 bits per heavy atom. The number of carbonyl (C=O) groups is 2. The van der Waals surface area contributed by atoms with Crippen molar-refractivity contribution in [2.45, 2.75) is 0 Å². The fourth-order valence-corrected chi connectivity index (χ4v) is 1.90. The first-order valence-corrected chi connectivity index (χ1v) is 6.07. The molecule has 2 N–H and O–H groups in total. The fourth-order valence-electron chi connectivity index (χ4n) is 1.90. The van der Waals surface area contributed by atoms with E-state index in [2.05, 4.69) is 0 Å². The molecule has 0 aliphatic carbocycles. The summed E-state index contributed by atoms with van der Waals surface area (Å²) in [7, 11) is 0. The van der Waals surface area contributed by atoms with Gasteiger partial charge in [0.1, 0.15) is 0 Å². The zero-order valence-electron chi connectivity index (χ0n) is 11.1. The molecule has 1 atom stereocenters. The molecule has 0 aromatic heterocycles. The van der Waals surface area contributed by atoms with Gasteiger partial charge in [0.25, 0.3) is 5.69 Å². The van der Waals surface area contributed by atoms with Crippen LogP contribution >= 0.6 is 0 Å². The normalized spacial score (nSPS) is 13.1.